The van der Waals surface area contributed by atoms with Crippen LogP contribution in [0.2, 0.25) is 0 Å². The van der Waals surface area contributed by atoms with Crippen LogP contribution in [0.25, 0.3) is 0 Å². The molecule has 0 radical (unpaired) electrons. The molecule has 0 aromatic carbocycles. The van der Waals surface area contributed by atoms with Crippen LogP contribution < -0.4 is 0 Å². The molecule has 1 rings (SSSR count). The van der Waals surface area contributed by atoms with Gasteiger partial charge in [0.25, 0.3) is 0 Å². The second kappa shape index (κ2) is 2.99. The highest BCUT2D eigenvalue weighted by Crippen LogP contribution is 2.23. The van der Waals surface area contributed by atoms with Crippen LogP contribution in [0.15, 0.2) is 24.3 Å². The van der Waals surface area contributed by atoms with E-state index in [1.54, 1.807) is 0 Å². The highest BCUT2D eigenvalue weighted by Gasteiger charge is 2.22. The molecule has 0 aromatic rings. The zero-order chi connectivity index (χ0) is 7.45. The Morgan fingerprint density at radius 3 is 1.90 bits per heavy atom. The summed E-state index contributed by atoms with van der Waals surface area (Å²) < 4.78 is 0. The molecule has 2 heteroatoms. The Balaban J connectivity index is 2.71. The van der Waals surface area contributed by atoms with Gasteiger partial charge >= 0.3 is 0 Å². The van der Waals surface area contributed by atoms with E-state index in [-0.39, 0.29) is 13.2 Å². The quantitative estimate of drug-likeness (QED) is 0.547. The number of hydrogen-bond acceptors (Lipinski definition) is 2. The number of allylic oxidation sites excluding steroid dienone is 2. The van der Waals surface area contributed by atoms with Crippen molar-refractivity contribution >= 4 is 0 Å². The predicted molar refractivity (Wildman–Crippen MR) is 39.5 cm³/mol. The van der Waals surface area contributed by atoms with Gasteiger partial charge in [0.15, 0.2) is 0 Å². The van der Waals surface area contributed by atoms with Crippen molar-refractivity contribution in [2.75, 3.05) is 13.2 Å². The van der Waals surface area contributed by atoms with Gasteiger partial charge in [-0.3, -0.25) is 0 Å². The Bertz CT molecular complexity index is 141. The molecule has 0 saturated carbocycles. The van der Waals surface area contributed by atoms with Crippen molar-refractivity contribution in [1.82, 2.24) is 0 Å². The summed E-state index contributed by atoms with van der Waals surface area (Å²) in [5.41, 5.74) is -0.488. The minimum Gasteiger partial charge on any atom is -0.395 e. The van der Waals surface area contributed by atoms with Crippen molar-refractivity contribution in [3.63, 3.8) is 0 Å². The van der Waals surface area contributed by atoms with E-state index in [1.165, 1.54) is 0 Å². The van der Waals surface area contributed by atoms with Crippen molar-refractivity contribution in [1.29, 1.82) is 0 Å². The Labute approximate surface area is 60.5 Å². The average Bonchev–Trinajstić information content (AvgIpc) is 2.06. The molecule has 2 N–H and O–H groups in total. The summed E-state index contributed by atoms with van der Waals surface area (Å²) in [5.74, 6) is 0. The lowest BCUT2D eigenvalue weighted by atomic mass is 9.86. The van der Waals surface area contributed by atoms with E-state index in [0.717, 1.165) is 6.42 Å². The van der Waals surface area contributed by atoms with Crippen molar-refractivity contribution in [3.8, 4) is 0 Å². The van der Waals surface area contributed by atoms with Crippen LogP contribution in [0.5, 0.6) is 0 Å². The molecule has 0 saturated heterocycles. The zero-order valence-electron chi connectivity index (χ0n) is 5.83. The van der Waals surface area contributed by atoms with Crippen molar-refractivity contribution in [3.05, 3.63) is 24.3 Å². The molecule has 10 heavy (non-hydrogen) atoms. The normalized spacial score (nSPS) is 21.4. The van der Waals surface area contributed by atoms with E-state index in [4.69, 9.17) is 10.2 Å². The van der Waals surface area contributed by atoms with Crippen LogP contribution in [0, 0.1) is 5.41 Å². The Kier molecular flexibility index (Phi) is 2.25. The topological polar surface area (TPSA) is 40.5 Å². The molecule has 1 aliphatic rings. The summed E-state index contributed by atoms with van der Waals surface area (Å²) in [4.78, 5) is 0. The maximum Gasteiger partial charge on any atom is 0.0579 e. The van der Waals surface area contributed by atoms with Gasteiger partial charge < -0.3 is 10.2 Å². The van der Waals surface area contributed by atoms with Crippen molar-refractivity contribution in [2.24, 2.45) is 5.41 Å². The smallest absolute Gasteiger partial charge is 0.0579 e. The fourth-order valence-electron chi connectivity index (χ4n) is 1.00. The van der Waals surface area contributed by atoms with Gasteiger partial charge in [0.1, 0.15) is 0 Å². The summed E-state index contributed by atoms with van der Waals surface area (Å²) in [6.07, 6.45) is 8.51. The second-order valence-corrected chi connectivity index (χ2v) is 2.59. The van der Waals surface area contributed by atoms with Gasteiger partial charge in [-0.15, -0.1) is 0 Å². The Morgan fingerprint density at radius 2 is 1.60 bits per heavy atom. The molecule has 0 atom stereocenters. The fraction of sp³-hybridized carbons (Fsp3) is 0.500. The van der Waals surface area contributed by atoms with Gasteiger partial charge in [-0.1, -0.05) is 24.3 Å². The molecule has 0 spiro atoms. The van der Waals surface area contributed by atoms with Gasteiger partial charge in [-0.05, 0) is 6.42 Å². The van der Waals surface area contributed by atoms with Crippen molar-refractivity contribution < 1.29 is 10.2 Å². The van der Waals surface area contributed by atoms with E-state index in [0.29, 0.717) is 0 Å². The third kappa shape index (κ3) is 1.28. The van der Waals surface area contributed by atoms with Gasteiger partial charge in [-0.25, -0.2) is 0 Å². The maximum absolute atomic E-state index is 8.88. The second-order valence-electron chi connectivity index (χ2n) is 2.59. The molecule has 0 aliphatic heterocycles. The van der Waals surface area contributed by atoms with Gasteiger partial charge in [0, 0.05) is 0 Å². The van der Waals surface area contributed by atoms with Crippen LogP contribution >= 0.6 is 0 Å². The molecule has 0 amide bonds. The predicted octanol–water partition coefficient (Wildman–Crippen LogP) is 0.473. The van der Waals surface area contributed by atoms with Gasteiger partial charge in [0.2, 0.25) is 0 Å². The summed E-state index contributed by atoms with van der Waals surface area (Å²) in [6.45, 7) is -0.0347. The number of hydrogen-bond donors (Lipinski definition) is 2. The third-order valence-electron chi connectivity index (χ3n) is 1.76. The van der Waals surface area contributed by atoms with Crippen LogP contribution in [0.1, 0.15) is 6.42 Å². The number of rotatable bonds is 2. The first kappa shape index (κ1) is 7.51. The summed E-state index contributed by atoms with van der Waals surface area (Å²) >= 11 is 0. The number of aliphatic hydroxyl groups is 2. The van der Waals surface area contributed by atoms with Gasteiger partial charge in [-0.2, -0.15) is 0 Å². The molecule has 1 aliphatic carbocycles. The van der Waals surface area contributed by atoms with E-state index in [1.807, 2.05) is 24.3 Å². The van der Waals surface area contributed by atoms with E-state index >= 15 is 0 Å². The fourth-order valence-corrected chi connectivity index (χ4v) is 1.00. The monoisotopic (exact) mass is 140 g/mol. The lowest BCUT2D eigenvalue weighted by Gasteiger charge is -2.23. The lowest BCUT2D eigenvalue weighted by molar-refractivity contribution is 0.128. The minimum atomic E-state index is -0.488. The van der Waals surface area contributed by atoms with E-state index < -0.39 is 5.41 Å². The van der Waals surface area contributed by atoms with Crippen LogP contribution in [0.3, 0.4) is 0 Å². The van der Waals surface area contributed by atoms with Crippen LogP contribution in [-0.4, -0.2) is 23.4 Å². The molecule has 2 nitrogen and oxygen atoms in total. The summed E-state index contributed by atoms with van der Waals surface area (Å²) in [6, 6.07) is 0. The molecule has 0 unspecified atom stereocenters. The first-order chi connectivity index (χ1) is 4.83. The minimum absolute atomic E-state index is 0.0174. The first-order valence-electron chi connectivity index (χ1n) is 3.40. The van der Waals surface area contributed by atoms with E-state index in [9.17, 15) is 0 Å². The maximum atomic E-state index is 8.88. The summed E-state index contributed by atoms with van der Waals surface area (Å²) in [5, 5.41) is 17.8. The molecule has 0 fully saturated rings. The Morgan fingerprint density at radius 1 is 1.10 bits per heavy atom. The van der Waals surface area contributed by atoms with Gasteiger partial charge in [0.05, 0.1) is 18.6 Å². The first-order valence-corrected chi connectivity index (χ1v) is 3.40. The molecule has 0 heterocycles. The lowest BCUT2D eigenvalue weighted by Crippen LogP contribution is -2.25. The third-order valence-corrected chi connectivity index (χ3v) is 1.76. The Hall–Kier alpha value is -0.600. The molecule has 0 bridgehead atoms. The molecule has 56 valence electrons. The van der Waals surface area contributed by atoms with Crippen LogP contribution in [-0.2, 0) is 0 Å². The molecular weight excluding hydrogens is 128 g/mol. The molecule has 0 aromatic heterocycles. The zero-order valence-corrected chi connectivity index (χ0v) is 5.83. The van der Waals surface area contributed by atoms with Crippen LogP contribution in [0.4, 0.5) is 0 Å². The summed E-state index contributed by atoms with van der Waals surface area (Å²) in [7, 11) is 0. The largest absolute Gasteiger partial charge is 0.395 e. The average molecular weight is 140 g/mol. The van der Waals surface area contributed by atoms with Crippen molar-refractivity contribution in [2.45, 2.75) is 6.42 Å². The van der Waals surface area contributed by atoms with E-state index in [2.05, 4.69) is 0 Å². The SMILES string of the molecule is OCC1(CO)C=CCC=C1. The highest BCUT2D eigenvalue weighted by molar-refractivity contribution is 5.17. The molecular formula is C8H12O2. The standard InChI is InChI=1S/C8H12O2/c9-6-8(7-10)4-2-1-3-5-8/h2-5,9-10H,1,6-7H2. The number of aliphatic hydroxyl groups excluding tert-OH is 2. The highest BCUT2D eigenvalue weighted by atomic mass is 16.3.